The minimum Gasteiger partial charge on any atom is -0.358 e. The van der Waals surface area contributed by atoms with E-state index in [4.69, 9.17) is 21.3 Å². The van der Waals surface area contributed by atoms with E-state index in [0.29, 0.717) is 35.2 Å². The molecule has 1 aliphatic heterocycles. The number of sulfone groups is 1. The Morgan fingerprint density at radius 3 is 2.59 bits per heavy atom. The average molecular weight is 541 g/mol. The van der Waals surface area contributed by atoms with Crippen molar-refractivity contribution < 1.29 is 13.2 Å². The van der Waals surface area contributed by atoms with Gasteiger partial charge in [-0.3, -0.25) is 9.25 Å². The molecule has 0 amide bonds. The molecule has 4 heterocycles. The summed E-state index contributed by atoms with van der Waals surface area (Å²) in [7, 11) is -3.56. The Kier molecular flexibility index (Phi) is 6.00. The van der Waals surface area contributed by atoms with Gasteiger partial charge in [0.15, 0.2) is 15.5 Å². The summed E-state index contributed by atoms with van der Waals surface area (Å²) in [5, 5.41) is 8.12. The van der Waals surface area contributed by atoms with Crippen molar-refractivity contribution >= 4 is 44.0 Å². The van der Waals surface area contributed by atoms with E-state index >= 15 is 0 Å². The second-order valence-electron chi connectivity index (χ2n) is 9.94. The molecule has 1 aliphatic carbocycles. The number of anilines is 2. The van der Waals surface area contributed by atoms with E-state index < -0.39 is 9.84 Å². The fraction of sp³-hybridized carbons (Fsp3) is 0.423. The Bertz CT molecular complexity index is 1620. The van der Waals surface area contributed by atoms with Crippen LogP contribution in [0.25, 0.3) is 22.3 Å². The van der Waals surface area contributed by atoms with Crippen LogP contribution in [0.5, 0.6) is 0 Å². The van der Waals surface area contributed by atoms with Crippen LogP contribution in [0.15, 0.2) is 35.4 Å². The minimum absolute atomic E-state index is 0.150. The Hall–Kier alpha value is -2.95. The van der Waals surface area contributed by atoms with Gasteiger partial charge in [-0.25, -0.2) is 18.4 Å². The molecular weight excluding hydrogens is 512 g/mol. The highest BCUT2D eigenvalue weighted by Gasteiger charge is 2.28. The maximum atomic E-state index is 12.9. The van der Waals surface area contributed by atoms with E-state index in [1.807, 2.05) is 35.4 Å². The van der Waals surface area contributed by atoms with Crippen molar-refractivity contribution in [3.8, 4) is 11.1 Å². The number of halogens is 1. The van der Waals surface area contributed by atoms with Crippen LogP contribution in [0.2, 0.25) is 5.15 Å². The minimum atomic E-state index is -3.56. The summed E-state index contributed by atoms with van der Waals surface area (Å²) in [6.45, 7) is 4.63. The summed E-state index contributed by atoms with van der Waals surface area (Å²) in [6, 6.07) is 7.53. The number of pyridine rings is 1. The molecule has 2 fully saturated rings. The van der Waals surface area contributed by atoms with Gasteiger partial charge in [0.25, 0.3) is 0 Å². The molecule has 6 rings (SSSR count). The van der Waals surface area contributed by atoms with Crippen molar-refractivity contribution in [1.29, 1.82) is 0 Å². The van der Waals surface area contributed by atoms with Gasteiger partial charge in [-0.1, -0.05) is 17.7 Å². The summed E-state index contributed by atoms with van der Waals surface area (Å²) in [4.78, 5) is 9.50. The van der Waals surface area contributed by atoms with Crippen molar-refractivity contribution in [3.05, 3.63) is 47.1 Å². The third-order valence-corrected chi connectivity index (χ3v) is 8.47. The standard InChI is InChI=1S/C26H29ClN6O3S/c1-15-19(14-28-33(15)18-8-9-18)17-7-10-20(22(12-17)37(3,34)35)30-21-13-23(27)31-26-25(21)29-16(2)32(26)24-6-4-5-11-36-24/h7,10,12-14,18,24H,4-6,8-9,11H2,1-3H3,(H,30,31). The molecule has 0 spiro atoms. The smallest absolute Gasteiger partial charge is 0.177 e. The monoisotopic (exact) mass is 540 g/mol. The average Bonchev–Trinajstić information content (AvgIpc) is 3.54. The summed E-state index contributed by atoms with van der Waals surface area (Å²) < 4.78 is 35.8. The predicted molar refractivity (Wildman–Crippen MR) is 143 cm³/mol. The van der Waals surface area contributed by atoms with Crippen LogP contribution in [0, 0.1) is 13.8 Å². The lowest BCUT2D eigenvalue weighted by atomic mass is 10.1. The third-order valence-electron chi connectivity index (χ3n) is 7.14. The van der Waals surface area contributed by atoms with Gasteiger partial charge in [0, 0.05) is 30.2 Å². The Balaban J connectivity index is 1.42. The van der Waals surface area contributed by atoms with Gasteiger partial charge < -0.3 is 10.1 Å². The van der Waals surface area contributed by atoms with Gasteiger partial charge >= 0.3 is 0 Å². The molecule has 3 aromatic heterocycles. The van der Waals surface area contributed by atoms with Crippen LogP contribution < -0.4 is 5.32 Å². The third kappa shape index (κ3) is 4.51. The molecule has 0 radical (unpaired) electrons. The number of benzene rings is 1. The molecule has 194 valence electrons. The van der Waals surface area contributed by atoms with E-state index in [2.05, 4.69) is 15.4 Å². The Labute approximate surface area is 220 Å². The second kappa shape index (κ2) is 9.11. The summed E-state index contributed by atoms with van der Waals surface area (Å²) in [6.07, 6.45) is 8.12. The van der Waals surface area contributed by atoms with E-state index in [9.17, 15) is 8.42 Å². The van der Waals surface area contributed by atoms with Crippen LogP contribution in [-0.2, 0) is 14.6 Å². The highest BCUT2D eigenvalue weighted by atomic mass is 35.5. The largest absolute Gasteiger partial charge is 0.358 e. The van der Waals surface area contributed by atoms with E-state index in [1.165, 1.54) is 6.26 Å². The number of rotatable bonds is 6. The molecule has 4 aromatic rings. The number of hydrogen-bond donors (Lipinski definition) is 1. The lowest BCUT2D eigenvalue weighted by Gasteiger charge is -2.25. The normalized spacial score (nSPS) is 18.4. The van der Waals surface area contributed by atoms with Gasteiger partial charge in [0.2, 0.25) is 0 Å². The quantitative estimate of drug-likeness (QED) is 0.311. The topological polar surface area (TPSA) is 104 Å². The first kappa shape index (κ1) is 24.4. The number of hydrogen-bond acceptors (Lipinski definition) is 7. The Morgan fingerprint density at radius 2 is 1.89 bits per heavy atom. The van der Waals surface area contributed by atoms with Crippen molar-refractivity contribution in [2.75, 3.05) is 18.2 Å². The number of nitrogens with zero attached hydrogens (tertiary/aromatic N) is 5. The zero-order chi connectivity index (χ0) is 25.9. The lowest BCUT2D eigenvalue weighted by Crippen LogP contribution is -2.19. The number of ether oxygens (including phenoxy) is 1. The van der Waals surface area contributed by atoms with Crippen molar-refractivity contribution in [3.63, 3.8) is 0 Å². The molecule has 11 heteroatoms. The molecule has 1 saturated carbocycles. The van der Waals surface area contributed by atoms with Gasteiger partial charge in [-0.2, -0.15) is 5.10 Å². The van der Waals surface area contributed by atoms with Crippen LogP contribution in [0.4, 0.5) is 11.4 Å². The van der Waals surface area contributed by atoms with Crippen molar-refractivity contribution in [2.45, 2.75) is 63.1 Å². The second-order valence-corrected chi connectivity index (χ2v) is 12.3. The fourth-order valence-corrected chi connectivity index (χ4v) is 6.20. The summed E-state index contributed by atoms with van der Waals surface area (Å²) >= 11 is 6.43. The van der Waals surface area contributed by atoms with Crippen LogP contribution in [-0.4, -0.2) is 45.6 Å². The number of imidazole rings is 1. The molecule has 1 N–H and O–H groups in total. The number of aromatic nitrogens is 5. The lowest BCUT2D eigenvalue weighted by molar-refractivity contribution is -0.0309. The number of fused-ring (bicyclic) bond motifs is 1. The maximum absolute atomic E-state index is 12.9. The number of aryl methyl sites for hydroxylation is 1. The van der Waals surface area contributed by atoms with Gasteiger partial charge in [-0.05, 0) is 63.6 Å². The van der Waals surface area contributed by atoms with E-state index in [0.717, 1.165) is 54.7 Å². The molecule has 1 unspecified atom stereocenters. The molecule has 9 nitrogen and oxygen atoms in total. The highest BCUT2D eigenvalue weighted by Crippen LogP contribution is 2.39. The summed E-state index contributed by atoms with van der Waals surface area (Å²) in [5.41, 5.74) is 5.03. The first-order valence-electron chi connectivity index (χ1n) is 12.5. The molecular formula is C26H29ClN6O3S. The van der Waals surface area contributed by atoms with Crippen molar-refractivity contribution in [1.82, 2.24) is 24.3 Å². The highest BCUT2D eigenvalue weighted by molar-refractivity contribution is 7.90. The zero-order valence-corrected chi connectivity index (χ0v) is 22.6. The maximum Gasteiger partial charge on any atom is 0.177 e. The van der Waals surface area contributed by atoms with Gasteiger partial charge in [0.1, 0.15) is 22.7 Å². The zero-order valence-electron chi connectivity index (χ0n) is 21.0. The van der Waals surface area contributed by atoms with Gasteiger partial charge in [-0.15, -0.1) is 0 Å². The van der Waals surface area contributed by atoms with Gasteiger partial charge in [0.05, 0.1) is 28.5 Å². The molecule has 1 atom stereocenters. The molecule has 2 aliphatic rings. The van der Waals surface area contributed by atoms with E-state index in [1.54, 1.807) is 18.2 Å². The first-order valence-corrected chi connectivity index (χ1v) is 14.8. The molecule has 1 saturated heterocycles. The Morgan fingerprint density at radius 1 is 1.08 bits per heavy atom. The van der Waals surface area contributed by atoms with Crippen LogP contribution >= 0.6 is 11.6 Å². The molecule has 37 heavy (non-hydrogen) atoms. The SMILES string of the molecule is Cc1c(-c2ccc(Nc3cc(Cl)nc4c3nc(C)n4C3CCCCO3)c(S(C)(=O)=O)c2)cnn1C1CC1. The van der Waals surface area contributed by atoms with Crippen LogP contribution in [0.3, 0.4) is 0 Å². The van der Waals surface area contributed by atoms with E-state index in [-0.39, 0.29) is 16.3 Å². The molecule has 1 aromatic carbocycles. The first-order chi connectivity index (χ1) is 17.7. The molecule has 0 bridgehead atoms. The van der Waals surface area contributed by atoms with Crippen molar-refractivity contribution in [2.24, 2.45) is 0 Å². The number of nitrogens with one attached hydrogen (secondary N) is 1. The fourth-order valence-electron chi connectivity index (χ4n) is 5.15. The predicted octanol–water partition coefficient (Wildman–Crippen LogP) is 5.75. The van der Waals surface area contributed by atoms with Crippen LogP contribution in [0.1, 0.15) is 55.9 Å². The summed E-state index contributed by atoms with van der Waals surface area (Å²) in [5.74, 6) is 0.765.